The van der Waals surface area contributed by atoms with Gasteiger partial charge < -0.3 is 15.7 Å². The van der Waals surface area contributed by atoms with Crippen LogP contribution in [0.1, 0.15) is 0 Å². The van der Waals surface area contributed by atoms with Crippen LogP contribution in [0.25, 0.3) is 11.1 Å². The molecule has 0 aliphatic heterocycles. The zero-order chi connectivity index (χ0) is 15.4. The second-order valence-corrected chi connectivity index (χ2v) is 5.51. The van der Waals surface area contributed by atoms with E-state index in [9.17, 15) is 9.50 Å². The number of nitrogens with one attached hydrogen (secondary N) is 2. The predicted octanol–water partition coefficient (Wildman–Crippen LogP) is 4.72. The largest absolute Gasteiger partial charge is 0.506 e. The lowest BCUT2D eigenvalue weighted by Crippen LogP contribution is -1.96. The Kier molecular flexibility index (Phi) is 5.09. The molecule has 0 atom stereocenters. The van der Waals surface area contributed by atoms with Crippen LogP contribution in [-0.4, -0.2) is 12.2 Å². The molecule has 0 aliphatic rings. The maximum absolute atomic E-state index is 13.5. The summed E-state index contributed by atoms with van der Waals surface area (Å²) in [4.78, 5) is 0. The third-order valence-corrected chi connectivity index (χ3v) is 3.71. The Morgan fingerprint density at radius 1 is 1.24 bits per heavy atom. The average molecular weight is 372 g/mol. The lowest BCUT2D eigenvalue weighted by molar-refractivity contribution is 0.471. The molecule has 2 aromatic rings. The number of anilines is 1. The fourth-order valence-corrected chi connectivity index (χ4v) is 2.47. The summed E-state index contributed by atoms with van der Waals surface area (Å²) in [6.07, 6.45) is 3.43. The van der Waals surface area contributed by atoms with Gasteiger partial charge in [0.1, 0.15) is 11.6 Å². The van der Waals surface area contributed by atoms with Gasteiger partial charge in [0.25, 0.3) is 0 Å². The fourth-order valence-electron chi connectivity index (χ4n) is 1.80. The molecule has 0 saturated heterocycles. The summed E-state index contributed by atoms with van der Waals surface area (Å²) >= 11 is 9.30. The molecule has 0 aromatic heterocycles. The van der Waals surface area contributed by atoms with E-state index < -0.39 is 5.82 Å². The van der Waals surface area contributed by atoms with Gasteiger partial charge in [0.05, 0.1) is 15.2 Å². The number of phenolic OH excluding ortho intramolecular Hbond substituents is 1. The topological polar surface area (TPSA) is 44.3 Å². The van der Waals surface area contributed by atoms with E-state index in [0.29, 0.717) is 26.3 Å². The van der Waals surface area contributed by atoms with Crippen molar-refractivity contribution in [2.24, 2.45) is 0 Å². The molecule has 0 unspecified atom stereocenters. The van der Waals surface area contributed by atoms with Crippen LogP contribution in [0.5, 0.6) is 5.75 Å². The first-order valence-electron chi connectivity index (χ1n) is 6.09. The summed E-state index contributed by atoms with van der Waals surface area (Å²) < 4.78 is 13.8. The first-order valence-corrected chi connectivity index (χ1v) is 7.26. The molecule has 3 nitrogen and oxygen atoms in total. The van der Waals surface area contributed by atoms with Crippen LogP contribution in [0.15, 0.2) is 47.2 Å². The number of phenols is 1. The summed E-state index contributed by atoms with van der Waals surface area (Å²) in [6.45, 7) is 0. The van der Waals surface area contributed by atoms with Gasteiger partial charge in [-0.25, -0.2) is 4.39 Å². The summed E-state index contributed by atoms with van der Waals surface area (Å²) in [6, 6.07) is 7.65. The Labute approximate surface area is 135 Å². The van der Waals surface area contributed by atoms with E-state index in [4.69, 9.17) is 11.6 Å². The maximum atomic E-state index is 13.5. The van der Waals surface area contributed by atoms with Crippen molar-refractivity contribution in [1.82, 2.24) is 5.32 Å². The molecule has 0 aliphatic carbocycles. The standard InChI is InChI=1S/C15H13BrClFN2O/c1-19-4-5-20-14-3-2-9(6-13(14)17)11-7-10(18)8-12(16)15(11)21/h2-8,19-21H,1H3/b5-4-. The Morgan fingerprint density at radius 3 is 2.67 bits per heavy atom. The highest BCUT2D eigenvalue weighted by atomic mass is 79.9. The minimum absolute atomic E-state index is 0.0248. The van der Waals surface area contributed by atoms with Crippen molar-refractivity contribution in [2.75, 3.05) is 12.4 Å². The Bertz CT molecular complexity index is 692. The molecule has 0 saturated carbocycles. The first kappa shape index (κ1) is 15.7. The molecule has 2 rings (SSSR count). The summed E-state index contributed by atoms with van der Waals surface area (Å²) in [7, 11) is 1.79. The fraction of sp³-hybridized carbons (Fsp3) is 0.0667. The van der Waals surface area contributed by atoms with E-state index in [1.54, 1.807) is 37.6 Å². The highest BCUT2D eigenvalue weighted by Gasteiger charge is 2.11. The first-order chi connectivity index (χ1) is 10.0. The maximum Gasteiger partial charge on any atom is 0.137 e. The van der Waals surface area contributed by atoms with E-state index >= 15 is 0 Å². The summed E-state index contributed by atoms with van der Waals surface area (Å²) in [5.41, 5.74) is 1.71. The molecule has 21 heavy (non-hydrogen) atoms. The van der Waals surface area contributed by atoms with E-state index in [0.717, 1.165) is 0 Å². The molecule has 0 amide bonds. The zero-order valence-electron chi connectivity index (χ0n) is 11.1. The van der Waals surface area contributed by atoms with Crippen molar-refractivity contribution in [3.8, 4) is 16.9 Å². The van der Waals surface area contributed by atoms with Gasteiger partial charge in [0, 0.05) is 25.0 Å². The Morgan fingerprint density at radius 2 is 2.00 bits per heavy atom. The van der Waals surface area contributed by atoms with Crippen molar-refractivity contribution in [2.45, 2.75) is 0 Å². The quantitative estimate of drug-likeness (QED) is 0.729. The Balaban J connectivity index is 2.38. The number of halogens is 3. The van der Waals surface area contributed by atoms with Crippen molar-refractivity contribution in [3.63, 3.8) is 0 Å². The lowest BCUT2D eigenvalue weighted by atomic mass is 10.0. The van der Waals surface area contributed by atoms with Gasteiger partial charge in [-0.1, -0.05) is 17.7 Å². The van der Waals surface area contributed by atoms with Crippen molar-refractivity contribution in [1.29, 1.82) is 0 Å². The minimum atomic E-state index is -0.440. The number of benzene rings is 2. The summed E-state index contributed by atoms with van der Waals surface area (Å²) in [5, 5.41) is 16.3. The molecule has 0 spiro atoms. The monoisotopic (exact) mass is 370 g/mol. The van der Waals surface area contributed by atoms with Gasteiger partial charge >= 0.3 is 0 Å². The van der Waals surface area contributed by atoms with Crippen LogP contribution < -0.4 is 10.6 Å². The molecule has 0 heterocycles. The number of rotatable bonds is 4. The number of hydrogen-bond donors (Lipinski definition) is 3. The van der Waals surface area contributed by atoms with E-state index in [-0.39, 0.29) is 5.75 Å². The number of hydrogen-bond acceptors (Lipinski definition) is 3. The van der Waals surface area contributed by atoms with Gasteiger partial charge in [-0.2, -0.15) is 0 Å². The van der Waals surface area contributed by atoms with Crippen LogP contribution in [-0.2, 0) is 0 Å². The van der Waals surface area contributed by atoms with Crippen LogP contribution in [0.3, 0.4) is 0 Å². The second-order valence-electron chi connectivity index (χ2n) is 4.24. The SMILES string of the molecule is CN/C=C\Nc1ccc(-c2cc(F)cc(Br)c2O)cc1Cl. The Hall–Kier alpha value is -1.72. The molecule has 3 N–H and O–H groups in total. The van der Waals surface area contributed by atoms with Crippen molar-refractivity contribution >= 4 is 33.2 Å². The molecular formula is C15H13BrClFN2O. The molecule has 2 aromatic carbocycles. The number of aromatic hydroxyl groups is 1. The predicted molar refractivity (Wildman–Crippen MR) is 88.0 cm³/mol. The average Bonchev–Trinajstić information content (AvgIpc) is 2.44. The van der Waals surface area contributed by atoms with Gasteiger partial charge in [0.15, 0.2) is 0 Å². The smallest absolute Gasteiger partial charge is 0.137 e. The van der Waals surface area contributed by atoms with Gasteiger partial charge in [-0.3, -0.25) is 0 Å². The summed E-state index contributed by atoms with van der Waals surface area (Å²) in [5.74, 6) is -0.465. The van der Waals surface area contributed by atoms with E-state index in [1.165, 1.54) is 12.1 Å². The van der Waals surface area contributed by atoms with Crippen LogP contribution in [0, 0.1) is 5.82 Å². The van der Waals surface area contributed by atoms with Crippen LogP contribution in [0.2, 0.25) is 5.02 Å². The zero-order valence-corrected chi connectivity index (χ0v) is 13.5. The molecule has 6 heteroatoms. The second kappa shape index (κ2) is 6.83. The molecule has 110 valence electrons. The van der Waals surface area contributed by atoms with Crippen molar-refractivity contribution < 1.29 is 9.50 Å². The third kappa shape index (κ3) is 3.68. The van der Waals surface area contributed by atoms with E-state index in [2.05, 4.69) is 26.6 Å². The van der Waals surface area contributed by atoms with Crippen molar-refractivity contribution in [3.05, 3.63) is 58.0 Å². The van der Waals surface area contributed by atoms with Gasteiger partial charge in [-0.05, 0) is 45.8 Å². The van der Waals surface area contributed by atoms with E-state index in [1.807, 2.05) is 0 Å². The lowest BCUT2D eigenvalue weighted by Gasteiger charge is -2.10. The highest BCUT2D eigenvalue weighted by Crippen LogP contribution is 2.38. The third-order valence-electron chi connectivity index (χ3n) is 2.80. The minimum Gasteiger partial charge on any atom is -0.506 e. The highest BCUT2D eigenvalue weighted by molar-refractivity contribution is 9.10. The molecule has 0 bridgehead atoms. The van der Waals surface area contributed by atoms with Crippen LogP contribution in [0.4, 0.5) is 10.1 Å². The van der Waals surface area contributed by atoms with Gasteiger partial charge in [0.2, 0.25) is 0 Å². The van der Waals surface area contributed by atoms with Crippen LogP contribution >= 0.6 is 27.5 Å². The molecule has 0 radical (unpaired) electrons. The molecule has 0 fully saturated rings. The normalized spacial score (nSPS) is 10.9. The molecular weight excluding hydrogens is 359 g/mol. The van der Waals surface area contributed by atoms with Gasteiger partial charge in [-0.15, -0.1) is 0 Å².